The molecule has 0 saturated heterocycles. The first-order chi connectivity index (χ1) is 12.7. The second-order valence-corrected chi connectivity index (χ2v) is 5.46. The summed E-state index contributed by atoms with van der Waals surface area (Å²) in [4.78, 5) is 29.2. The third-order valence-corrected chi connectivity index (χ3v) is 3.69. The fourth-order valence-corrected chi connectivity index (χ4v) is 2.45. The van der Waals surface area contributed by atoms with Crippen LogP contribution in [0.2, 0.25) is 0 Å². The first-order valence-electron chi connectivity index (χ1n) is 7.87. The van der Waals surface area contributed by atoms with Crippen LogP contribution < -0.4 is 10.2 Å². The van der Waals surface area contributed by atoms with Crippen molar-refractivity contribution in [1.82, 2.24) is 24.6 Å². The molecule has 26 heavy (non-hydrogen) atoms. The van der Waals surface area contributed by atoms with E-state index in [1.165, 1.54) is 10.9 Å². The second kappa shape index (κ2) is 6.60. The number of amides is 1. The molecular formula is C18H14N6O2. The molecule has 4 aromatic rings. The Morgan fingerprint density at radius 3 is 2.77 bits per heavy atom. The smallest absolute Gasteiger partial charge is 0.406 e. The number of fused-ring (bicyclic) bond motifs is 1. The molecule has 0 aliphatic heterocycles. The van der Waals surface area contributed by atoms with Gasteiger partial charge in [0.15, 0.2) is 17.2 Å². The van der Waals surface area contributed by atoms with Gasteiger partial charge in [0.25, 0.3) is 0 Å². The van der Waals surface area contributed by atoms with Gasteiger partial charge in [-0.05, 0) is 37.3 Å². The fourth-order valence-electron chi connectivity index (χ4n) is 2.45. The molecule has 0 bridgehead atoms. The van der Waals surface area contributed by atoms with Gasteiger partial charge >= 0.3 is 6.09 Å². The maximum Gasteiger partial charge on any atom is 0.432 e. The molecule has 8 heteroatoms. The van der Waals surface area contributed by atoms with Crippen LogP contribution in [0.1, 0.15) is 5.69 Å². The number of hydrogen-bond donors (Lipinski definition) is 1. The molecular weight excluding hydrogens is 332 g/mol. The highest BCUT2D eigenvalue weighted by Crippen LogP contribution is 2.19. The Morgan fingerprint density at radius 2 is 1.96 bits per heavy atom. The topological polar surface area (TPSA) is 94.8 Å². The molecule has 4 heterocycles. The lowest BCUT2D eigenvalue weighted by atomic mass is 10.3. The zero-order chi connectivity index (χ0) is 17.9. The Kier molecular flexibility index (Phi) is 3.98. The summed E-state index contributed by atoms with van der Waals surface area (Å²) in [5.74, 6) is 0.739. The van der Waals surface area contributed by atoms with Gasteiger partial charge in [0.2, 0.25) is 0 Å². The van der Waals surface area contributed by atoms with E-state index in [-0.39, 0.29) is 5.75 Å². The number of rotatable bonds is 3. The molecule has 0 aliphatic rings. The van der Waals surface area contributed by atoms with Crippen LogP contribution >= 0.6 is 0 Å². The Morgan fingerprint density at radius 1 is 1.08 bits per heavy atom. The lowest BCUT2D eigenvalue weighted by Crippen LogP contribution is -2.26. The van der Waals surface area contributed by atoms with Crippen molar-refractivity contribution >= 4 is 17.1 Å². The number of carbonyl (C=O) groups is 1. The highest BCUT2D eigenvalue weighted by molar-refractivity contribution is 5.83. The van der Waals surface area contributed by atoms with Crippen LogP contribution in [0.25, 0.3) is 22.6 Å². The molecule has 128 valence electrons. The summed E-state index contributed by atoms with van der Waals surface area (Å²) in [5, 5.41) is 0.909. The van der Waals surface area contributed by atoms with Gasteiger partial charge in [0.05, 0.1) is 11.9 Å². The number of pyridine rings is 2. The van der Waals surface area contributed by atoms with E-state index in [1.54, 1.807) is 25.5 Å². The zero-order valence-corrected chi connectivity index (χ0v) is 13.8. The normalized spacial score (nSPS) is 10.7. The zero-order valence-electron chi connectivity index (χ0n) is 13.8. The lowest BCUT2D eigenvalue weighted by molar-refractivity contribution is 0.211. The first kappa shape index (κ1) is 15.7. The lowest BCUT2D eigenvalue weighted by Gasteiger charge is -2.10. The van der Waals surface area contributed by atoms with Crippen molar-refractivity contribution < 1.29 is 9.53 Å². The van der Waals surface area contributed by atoms with Crippen molar-refractivity contribution in [2.45, 2.75) is 6.92 Å². The third kappa shape index (κ3) is 3.07. The number of hydrogen-bond acceptors (Lipinski definition) is 6. The van der Waals surface area contributed by atoms with Crippen molar-refractivity contribution in [3.05, 3.63) is 66.9 Å². The predicted molar refractivity (Wildman–Crippen MR) is 95.1 cm³/mol. The monoisotopic (exact) mass is 346 g/mol. The van der Waals surface area contributed by atoms with E-state index in [2.05, 4.69) is 25.4 Å². The molecule has 0 atom stereocenters. The molecule has 1 amide bonds. The van der Waals surface area contributed by atoms with Gasteiger partial charge in [0.1, 0.15) is 5.69 Å². The van der Waals surface area contributed by atoms with Crippen molar-refractivity contribution in [2.75, 3.05) is 5.43 Å². The summed E-state index contributed by atoms with van der Waals surface area (Å²) in [6, 6.07) is 11.1. The van der Waals surface area contributed by atoms with Gasteiger partial charge < -0.3 is 4.74 Å². The molecule has 0 fully saturated rings. The molecule has 8 nitrogen and oxygen atoms in total. The molecule has 0 spiro atoms. The number of ether oxygens (including phenoxy) is 1. The SMILES string of the molecule is Cc1nc(-c2ccccn2)ncc1OC(=O)Nn1ccc2cccnc21. The average Bonchev–Trinajstić information content (AvgIpc) is 3.07. The molecule has 0 unspecified atom stereocenters. The van der Waals surface area contributed by atoms with Crippen LogP contribution in [-0.2, 0) is 0 Å². The van der Waals surface area contributed by atoms with Crippen LogP contribution in [-0.4, -0.2) is 30.7 Å². The molecule has 0 aromatic carbocycles. The minimum absolute atomic E-state index is 0.270. The number of aryl methyl sites for hydroxylation is 1. The van der Waals surface area contributed by atoms with Crippen molar-refractivity contribution in [3.63, 3.8) is 0 Å². The van der Waals surface area contributed by atoms with Gasteiger partial charge in [-0.2, -0.15) is 0 Å². The summed E-state index contributed by atoms with van der Waals surface area (Å²) in [5.41, 5.74) is 4.42. The fraction of sp³-hybridized carbons (Fsp3) is 0.0556. The predicted octanol–water partition coefficient (Wildman–Crippen LogP) is 2.94. The van der Waals surface area contributed by atoms with E-state index in [0.29, 0.717) is 22.9 Å². The summed E-state index contributed by atoms with van der Waals surface area (Å²) in [6.45, 7) is 1.74. The number of aromatic nitrogens is 5. The molecule has 0 radical (unpaired) electrons. The Balaban J connectivity index is 1.51. The quantitative estimate of drug-likeness (QED) is 0.613. The molecule has 1 N–H and O–H groups in total. The largest absolute Gasteiger partial charge is 0.432 e. The second-order valence-electron chi connectivity index (χ2n) is 5.46. The number of nitrogens with zero attached hydrogens (tertiary/aromatic N) is 5. The van der Waals surface area contributed by atoms with Gasteiger partial charge in [-0.1, -0.05) is 6.07 Å². The van der Waals surface area contributed by atoms with Crippen LogP contribution in [0.4, 0.5) is 4.79 Å². The Bertz CT molecular complexity index is 1080. The molecule has 4 aromatic heterocycles. The van der Waals surface area contributed by atoms with Gasteiger partial charge in [-0.15, -0.1) is 0 Å². The maximum atomic E-state index is 12.2. The van der Waals surface area contributed by atoms with Crippen LogP contribution in [0, 0.1) is 6.92 Å². The van der Waals surface area contributed by atoms with Crippen LogP contribution in [0.5, 0.6) is 5.75 Å². The molecule has 0 aliphatic carbocycles. The Hall–Kier alpha value is -3.81. The minimum Gasteiger partial charge on any atom is -0.406 e. The number of carbonyl (C=O) groups excluding carboxylic acids is 1. The summed E-state index contributed by atoms with van der Waals surface area (Å²) in [7, 11) is 0. The molecule has 0 saturated carbocycles. The Labute approximate surface area is 148 Å². The van der Waals surface area contributed by atoms with E-state index >= 15 is 0 Å². The first-order valence-corrected chi connectivity index (χ1v) is 7.87. The van der Waals surface area contributed by atoms with Crippen molar-refractivity contribution in [1.29, 1.82) is 0 Å². The van der Waals surface area contributed by atoms with Crippen LogP contribution in [0.3, 0.4) is 0 Å². The van der Waals surface area contributed by atoms with Gasteiger partial charge in [-0.25, -0.2) is 29.8 Å². The van der Waals surface area contributed by atoms with Crippen molar-refractivity contribution in [3.8, 4) is 17.3 Å². The van der Waals surface area contributed by atoms with Crippen LogP contribution in [0.15, 0.2) is 61.2 Å². The van der Waals surface area contributed by atoms with Gasteiger partial charge in [-0.3, -0.25) is 4.98 Å². The summed E-state index contributed by atoms with van der Waals surface area (Å²) in [6.07, 6.45) is 5.82. The van der Waals surface area contributed by atoms with E-state index in [0.717, 1.165) is 5.39 Å². The standard InChI is InChI=1S/C18H14N6O2/c1-12-15(11-21-16(22-12)14-6-2-3-8-19-14)26-18(25)23-24-10-7-13-5-4-9-20-17(13)24/h2-11H,1H3,(H,23,25). The number of nitrogens with one attached hydrogen (secondary N) is 1. The maximum absolute atomic E-state index is 12.2. The minimum atomic E-state index is -0.662. The average molecular weight is 346 g/mol. The van der Waals surface area contributed by atoms with E-state index in [4.69, 9.17) is 4.74 Å². The summed E-state index contributed by atoms with van der Waals surface area (Å²) < 4.78 is 6.81. The summed E-state index contributed by atoms with van der Waals surface area (Å²) >= 11 is 0. The highest BCUT2D eigenvalue weighted by atomic mass is 16.6. The van der Waals surface area contributed by atoms with Crippen molar-refractivity contribution in [2.24, 2.45) is 0 Å². The van der Waals surface area contributed by atoms with E-state index in [1.807, 2.05) is 36.4 Å². The van der Waals surface area contributed by atoms with E-state index in [9.17, 15) is 4.79 Å². The van der Waals surface area contributed by atoms with E-state index < -0.39 is 6.09 Å². The van der Waals surface area contributed by atoms with Gasteiger partial charge in [0, 0.05) is 24.0 Å². The third-order valence-electron chi connectivity index (χ3n) is 3.69. The highest BCUT2D eigenvalue weighted by Gasteiger charge is 2.12. The molecule has 4 rings (SSSR count).